The van der Waals surface area contributed by atoms with Gasteiger partial charge in [0.05, 0.1) is 13.0 Å². The van der Waals surface area contributed by atoms with E-state index in [0.29, 0.717) is 35.2 Å². The van der Waals surface area contributed by atoms with Gasteiger partial charge in [-0.2, -0.15) is 0 Å². The number of carbonyl (C=O) groups is 4. The van der Waals surface area contributed by atoms with Crippen LogP contribution in [0.25, 0.3) is 0 Å². The van der Waals surface area contributed by atoms with E-state index in [1.165, 1.54) is 4.90 Å². The van der Waals surface area contributed by atoms with E-state index in [1.54, 1.807) is 60.5 Å². The van der Waals surface area contributed by atoms with E-state index in [1.807, 2.05) is 30.3 Å². The molecule has 10 nitrogen and oxygen atoms in total. The molecule has 1 atom stereocenters. The summed E-state index contributed by atoms with van der Waals surface area (Å²) >= 11 is 0. The molecule has 0 aliphatic rings. The van der Waals surface area contributed by atoms with Crippen molar-refractivity contribution in [2.45, 2.75) is 33.1 Å². The third kappa shape index (κ3) is 9.96. The third-order valence-electron chi connectivity index (χ3n) is 6.79. The van der Waals surface area contributed by atoms with Crippen LogP contribution in [0, 0.1) is 5.92 Å². The summed E-state index contributed by atoms with van der Waals surface area (Å²) in [6, 6.07) is 22.2. The quantitative estimate of drug-likeness (QED) is 0.250. The van der Waals surface area contributed by atoms with Gasteiger partial charge in [0.1, 0.15) is 5.75 Å². The second-order valence-corrected chi connectivity index (χ2v) is 10.0. The molecule has 1 unspecified atom stereocenters. The standard InChI is InChI=1S/C32H38N4O6/c1-4-23(2)16-17-36(29(37)21-33-32(41)34-25-11-8-10-24(18-25)19-31(39)40)27-14-9-15-28(20-27)42-22-30(38)35(3)26-12-6-5-7-13-26/h5-15,18,20,23H,4,16-17,19,21-22H2,1-3H3,(H,39,40)(H2,33,34,41). The molecular weight excluding hydrogens is 536 g/mol. The van der Waals surface area contributed by atoms with Gasteiger partial charge in [-0.25, -0.2) is 4.79 Å². The Morgan fingerprint density at radius 2 is 1.62 bits per heavy atom. The van der Waals surface area contributed by atoms with E-state index < -0.39 is 12.0 Å². The fourth-order valence-corrected chi connectivity index (χ4v) is 4.09. The van der Waals surface area contributed by atoms with Crippen LogP contribution in [-0.2, 0) is 20.8 Å². The number of carbonyl (C=O) groups excluding carboxylic acids is 3. The van der Waals surface area contributed by atoms with Crippen molar-refractivity contribution in [1.82, 2.24) is 5.32 Å². The minimum atomic E-state index is -0.972. The van der Waals surface area contributed by atoms with Gasteiger partial charge in [0.2, 0.25) is 5.91 Å². The van der Waals surface area contributed by atoms with Crippen molar-refractivity contribution >= 4 is 40.9 Å². The summed E-state index contributed by atoms with van der Waals surface area (Å²) in [5.41, 5.74) is 2.31. The van der Waals surface area contributed by atoms with Crippen molar-refractivity contribution in [1.29, 1.82) is 0 Å². The maximum atomic E-state index is 13.3. The van der Waals surface area contributed by atoms with Crippen molar-refractivity contribution in [3.05, 3.63) is 84.4 Å². The number of nitrogens with one attached hydrogen (secondary N) is 2. The maximum Gasteiger partial charge on any atom is 0.319 e. The summed E-state index contributed by atoms with van der Waals surface area (Å²) in [5, 5.41) is 14.2. The van der Waals surface area contributed by atoms with Crippen LogP contribution in [0.3, 0.4) is 0 Å². The molecule has 0 spiro atoms. The summed E-state index contributed by atoms with van der Waals surface area (Å²) in [6.45, 7) is 4.21. The molecule has 0 saturated heterocycles. The van der Waals surface area contributed by atoms with Gasteiger partial charge in [0.25, 0.3) is 5.91 Å². The Morgan fingerprint density at radius 1 is 0.905 bits per heavy atom. The molecule has 0 heterocycles. The molecular formula is C32H38N4O6. The fraction of sp³-hybridized carbons (Fsp3) is 0.312. The van der Waals surface area contributed by atoms with Crippen molar-refractivity contribution < 1.29 is 29.0 Å². The van der Waals surface area contributed by atoms with Crippen LogP contribution < -0.4 is 25.2 Å². The average molecular weight is 575 g/mol. The molecule has 0 saturated carbocycles. The highest BCUT2D eigenvalue weighted by molar-refractivity contribution is 5.98. The number of benzene rings is 3. The summed E-state index contributed by atoms with van der Waals surface area (Å²) in [6.07, 6.45) is 1.56. The van der Waals surface area contributed by atoms with E-state index in [9.17, 15) is 19.2 Å². The van der Waals surface area contributed by atoms with Gasteiger partial charge in [-0.15, -0.1) is 0 Å². The molecule has 0 aromatic heterocycles. The van der Waals surface area contributed by atoms with Crippen LogP contribution in [0.15, 0.2) is 78.9 Å². The summed E-state index contributed by atoms with van der Waals surface area (Å²) in [5.74, 6) is -0.679. The summed E-state index contributed by atoms with van der Waals surface area (Å²) in [4.78, 5) is 52.6. The van der Waals surface area contributed by atoms with Crippen LogP contribution in [0.5, 0.6) is 5.75 Å². The van der Waals surface area contributed by atoms with Crippen molar-refractivity contribution in [2.75, 3.05) is 41.9 Å². The molecule has 0 bridgehead atoms. The molecule has 3 aromatic carbocycles. The number of hydrogen-bond acceptors (Lipinski definition) is 5. The number of para-hydroxylation sites is 1. The smallest absolute Gasteiger partial charge is 0.319 e. The van der Waals surface area contributed by atoms with Crippen LogP contribution in [-0.4, -0.2) is 55.7 Å². The van der Waals surface area contributed by atoms with E-state index in [4.69, 9.17) is 9.84 Å². The Kier molecular flexibility index (Phi) is 11.9. The molecule has 4 amide bonds. The number of anilines is 3. The number of ether oxygens (including phenoxy) is 1. The zero-order valence-electron chi connectivity index (χ0n) is 24.2. The van der Waals surface area contributed by atoms with Crippen molar-refractivity contribution in [3.63, 3.8) is 0 Å². The fourth-order valence-electron chi connectivity index (χ4n) is 4.09. The first-order chi connectivity index (χ1) is 20.2. The van der Waals surface area contributed by atoms with Crippen molar-refractivity contribution in [2.24, 2.45) is 5.92 Å². The lowest BCUT2D eigenvalue weighted by molar-refractivity contribution is -0.136. The predicted molar refractivity (Wildman–Crippen MR) is 163 cm³/mol. The molecule has 42 heavy (non-hydrogen) atoms. The van der Waals surface area contributed by atoms with Crippen molar-refractivity contribution in [3.8, 4) is 5.75 Å². The lowest BCUT2D eigenvalue weighted by Crippen LogP contribution is -2.42. The molecule has 3 N–H and O–H groups in total. The number of nitrogens with zero attached hydrogens (tertiary/aromatic N) is 2. The number of aliphatic carboxylic acids is 1. The topological polar surface area (TPSA) is 128 Å². The van der Waals surface area contributed by atoms with Gasteiger partial charge in [-0.3, -0.25) is 14.4 Å². The molecule has 0 aliphatic heterocycles. The number of carboxylic acid groups (broad SMARTS) is 1. The second-order valence-electron chi connectivity index (χ2n) is 10.0. The predicted octanol–water partition coefficient (Wildman–Crippen LogP) is 4.95. The van der Waals surface area contributed by atoms with Gasteiger partial charge in [0.15, 0.2) is 6.61 Å². The molecule has 3 rings (SSSR count). The first-order valence-corrected chi connectivity index (χ1v) is 13.9. The number of amides is 4. The zero-order chi connectivity index (χ0) is 30.5. The first kappa shape index (κ1) is 31.7. The summed E-state index contributed by atoms with van der Waals surface area (Å²) in [7, 11) is 1.68. The molecule has 3 aromatic rings. The Bertz CT molecular complexity index is 1360. The van der Waals surface area contributed by atoms with Gasteiger partial charge in [0, 0.05) is 36.7 Å². The SMILES string of the molecule is CCC(C)CCN(C(=O)CNC(=O)Nc1cccc(CC(=O)O)c1)c1cccc(OCC(=O)N(C)c2ccccc2)c1. The summed E-state index contributed by atoms with van der Waals surface area (Å²) < 4.78 is 5.78. The number of rotatable bonds is 14. The maximum absolute atomic E-state index is 13.3. The molecule has 0 radical (unpaired) electrons. The minimum absolute atomic E-state index is 0.165. The Balaban J connectivity index is 1.64. The number of carboxylic acids is 1. The highest BCUT2D eigenvalue weighted by Crippen LogP contribution is 2.23. The van der Waals surface area contributed by atoms with E-state index in [0.717, 1.165) is 18.5 Å². The number of hydrogen-bond donors (Lipinski definition) is 3. The lowest BCUT2D eigenvalue weighted by atomic mass is 10.0. The monoisotopic (exact) mass is 574 g/mol. The average Bonchev–Trinajstić information content (AvgIpc) is 2.99. The molecule has 222 valence electrons. The number of urea groups is 1. The highest BCUT2D eigenvalue weighted by atomic mass is 16.5. The number of likely N-dealkylation sites (N-methyl/N-ethyl adjacent to an activating group) is 1. The van der Waals surface area contributed by atoms with E-state index in [-0.39, 0.29) is 31.4 Å². The Labute approximate surface area is 246 Å². The van der Waals surface area contributed by atoms with Gasteiger partial charge >= 0.3 is 12.0 Å². The highest BCUT2D eigenvalue weighted by Gasteiger charge is 2.19. The minimum Gasteiger partial charge on any atom is -0.484 e. The van der Waals surface area contributed by atoms with Crippen LogP contribution >= 0.6 is 0 Å². The zero-order valence-corrected chi connectivity index (χ0v) is 24.2. The largest absolute Gasteiger partial charge is 0.484 e. The van der Waals surface area contributed by atoms with E-state index in [2.05, 4.69) is 24.5 Å². The Hall–Kier alpha value is -4.86. The first-order valence-electron chi connectivity index (χ1n) is 13.9. The van der Waals surface area contributed by atoms with Crippen LogP contribution in [0.4, 0.5) is 21.9 Å². The second kappa shape index (κ2) is 15.8. The lowest BCUT2D eigenvalue weighted by Gasteiger charge is -2.25. The van der Waals surface area contributed by atoms with Gasteiger partial charge < -0.3 is 30.3 Å². The molecule has 0 aliphatic carbocycles. The third-order valence-corrected chi connectivity index (χ3v) is 6.79. The molecule has 0 fully saturated rings. The van der Waals surface area contributed by atoms with Crippen LogP contribution in [0.2, 0.25) is 0 Å². The van der Waals surface area contributed by atoms with Gasteiger partial charge in [-0.05, 0) is 54.3 Å². The van der Waals surface area contributed by atoms with Gasteiger partial charge in [-0.1, -0.05) is 56.7 Å². The van der Waals surface area contributed by atoms with Crippen LogP contribution in [0.1, 0.15) is 32.3 Å². The normalized spacial score (nSPS) is 11.2. The Morgan fingerprint density at radius 3 is 2.33 bits per heavy atom. The van der Waals surface area contributed by atoms with E-state index >= 15 is 0 Å². The molecule has 10 heteroatoms.